The molecule has 3 aliphatic rings. The van der Waals surface area contributed by atoms with Crippen LogP contribution >= 0.6 is 11.6 Å². The van der Waals surface area contributed by atoms with E-state index in [4.69, 9.17) is 17.3 Å². The van der Waals surface area contributed by atoms with E-state index in [1.165, 1.54) is 4.90 Å². The van der Waals surface area contributed by atoms with Gasteiger partial charge in [-0.3, -0.25) is 24.1 Å². The molecule has 3 aliphatic heterocycles. The normalized spacial score (nSPS) is 30.7. The number of nitrogens with zero attached hydrogens (tertiary/aromatic N) is 1. The molecule has 0 bridgehead atoms. The Morgan fingerprint density at radius 1 is 1.32 bits per heavy atom. The number of amides is 4. The summed E-state index contributed by atoms with van der Waals surface area (Å²) in [7, 11) is 0. The first-order chi connectivity index (χ1) is 13.3. The number of hydrogen-bond acceptors (Lipinski definition) is 4. The fourth-order valence-electron chi connectivity index (χ4n) is 4.95. The fourth-order valence-corrected chi connectivity index (χ4v) is 5.12. The number of anilines is 1. The smallest absolute Gasteiger partial charge is 0.291 e. The van der Waals surface area contributed by atoms with E-state index in [-0.39, 0.29) is 24.1 Å². The van der Waals surface area contributed by atoms with Gasteiger partial charge in [-0.15, -0.1) is 0 Å². The maximum atomic E-state index is 13.3. The lowest BCUT2D eigenvalue weighted by molar-refractivity contribution is -0.732. The van der Waals surface area contributed by atoms with Gasteiger partial charge < -0.3 is 16.4 Å². The van der Waals surface area contributed by atoms with Crippen LogP contribution in [0.15, 0.2) is 18.2 Å². The van der Waals surface area contributed by atoms with Crippen LogP contribution in [0.4, 0.5) is 5.69 Å². The molecule has 1 aromatic rings. The molecule has 0 aliphatic carbocycles. The van der Waals surface area contributed by atoms with Gasteiger partial charge in [0.15, 0.2) is 0 Å². The molecule has 4 rings (SSSR count). The number of imide groups is 1. The Hall–Kier alpha value is -2.45. The van der Waals surface area contributed by atoms with E-state index >= 15 is 0 Å². The Morgan fingerprint density at radius 2 is 2.07 bits per heavy atom. The van der Waals surface area contributed by atoms with Crippen LogP contribution in [0.2, 0.25) is 5.02 Å². The zero-order valence-electron chi connectivity index (χ0n) is 15.4. The summed E-state index contributed by atoms with van der Waals surface area (Å²) in [4.78, 5) is 52.4. The molecule has 4 amide bonds. The van der Waals surface area contributed by atoms with Crippen LogP contribution in [0.3, 0.4) is 0 Å². The average molecular weight is 406 g/mol. The monoisotopic (exact) mass is 405 g/mol. The number of fused-ring (bicyclic) bond motifs is 4. The molecule has 2 saturated heterocycles. The number of hydrogen-bond donors (Lipinski definition) is 3. The average Bonchev–Trinajstić information content (AvgIpc) is 3.19. The molecule has 3 heterocycles. The summed E-state index contributed by atoms with van der Waals surface area (Å²) >= 11 is 6.17. The van der Waals surface area contributed by atoms with E-state index in [9.17, 15) is 19.2 Å². The molecule has 148 valence electrons. The third-order valence-corrected chi connectivity index (χ3v) is 6.33. The lowest BCUT2D eigenvalue weighted by atomic mass is 9.76. The van der Waals surface area contributed by atoms with E-state index in [0.717, 1.165) is 6.42 Å². The highest BCUT2D eigenvalue weighted by molar-refractivity contribution is 6.31. The van der Waals surface area contributed by atoms with Crippen LogP contribution in [0.5, 0.6) is 0 Å². The topological polar surface area (TPSA) is 126 Å². The van der Waals surface area contributed by atoms with Crippen LogP contribution < -0.4 is 16.4 Å². The van der Waals surface area contributed by atoms with Crippen LogP contribution in [-0.4, -0.2) is 41.1 Å². The van der Waals surface area contributed by atoms with Crippen molar-refractivity contribution in [3.63, 3.8) is 0 Å². The number of quaternary nitrogens is 1. The maximum absolute atomic E-state index is 13.3. The Morgan fingerprint density at radius 3 is 2.75 bits per heavy atom. The van der Waals surface area contributed by atoms with Crippen molar-refractivity contribution in [1.29, 1.82) is 0 Å². The third kappa shape index (κ3) is 2.48. The van der Waals surface area contributed by atoms with Gasteiger partial charge in [-0.2, -0.15) is 0 Å². The summed E-state index contributed by atoms with van der Waals surface area (Å²) in [5.41, 5.74) is 5.22. The number of unbranched alkanes of at least 4 members (excludes halogenated alkanes) is 1. The summed E-state index contributed by atoms with van der Waals surface area (Å²) in [5.74, 6) is -3.30. The van der Waals surface area contributed by atoms with Crippen molar-refractivity contribution in [2.75, 3.05) is 11.9 Å². The van der Waals surface area contributed by atoms with Gasteiger partial charge in [-0.25, -0.2) is 0 Å². The number of carbonyl (C=O) groups excluding carboxylic acids is 4. The van der Waals surface area contributed by atoms with Gasteiger partial charge in [-0.05, 0) is 24.6 Å². The minimum atomic E-state index is -1.32. The Labute approximate surface area is 166 Å². The van der Waals surface area contributed by atoms with Crippen molar-refractivity contribution in [2.24, 2.45) is 17.6 Å². The van der Waals surface area contributed by atoms with Crippen LogP contribution in [0, 0.1) is 11.8 Å². The van der Waals surface area contributed by atoms with Crippen LogP contribution in [0.1, 0.15) is 31.7 Å². The van der Waals surface area contributed by atoms with Gasteiger partial charge in [0.25, 0.3) is 5.91 Å². The Balaban J connectivity index is 1.85. The number of rotatable bonds is 5. The highest BCUT2D eigenvalue weighted by Crippen LogP contribution is 2.49. The summed E-state index contributed by atoms with van der Waals surface area (Å²) in [6.45, 7) is 2.28. The SMILES string of the molecule is CCCCN1C(=O)[C@H]2[C@@H](C1=O)[C@@]1([NH2+][C@@H]2CC(N)=O)C(=O)Nc2ccc(Cl)cc21. The number of nitrogens with one attached hydrogen (secondary N) is 1. The second-order valence-electron chi connectivity index (χ2n) is 7.70. The molecular formula is C19H22ClN4O4+. The quantitative estimate of drug-likeness (QED) is 0.582. The fraction of sp³-hybridized carbons (Fsp3) is 0.474. The zero-order chi connectivity index (χ0) is 20.2. The second kappa shape index (κ2) is 6.56. The Kier molecular flexibility index (Phi) is 4.43. The molecule has 1 spiro atoms. The van der Waals surface area contributed by atoms with E-state index in [2.05, 4.69) is 5.32 Å². The van der Waals surface area contributed by atoms with Gasteiger partial charge in [0.2, 0.25) is 23.3 Å². The van der Waals surface area contributed by atoms with Crippen molar-refractivity contribution in [3.8, 4) is 0 Å². The Bertz CT molecular complexity index is 904. The van der Waals surface area contributed by atoms with E-state index in [0.29, 0.717) is 29.2 Å². The third-order valence-electron chi connectivity index (χ3n) is 6.09. The number of nitrogens with two attached hydrogens (primary N) is 2. The molecule has 8 nitrogen and oxygen atoms in total. The first kappa shape index (κ1) is 18.9. The minimum Gasteiger partial charge on any atom is -0.369 e. The molecule has 9 heteroatoms. The first-order valence-electron chi connectivity index (χ1n) is 9.42. The number of halogens is 1. The van der Waals surface area contributed by atoms with Gasteiger partial charge in [-0.1, -0.05) is 24.9 Å². The molecule has 0 aromatic heterocycles. The van der Waals surface area contributed by atoms with Gasteiger partial charge in [0, 0.05) is 17.1 Å². The number of benzene rings is 1. The largest absolute Gasteiger partial charge is 0.369 e. The van der Waals surface area contributed by atoms with Crippen molar-refractivity contribution in [2.45, 2.75) is 37.8 Å². The van der Waals surface area contributed by atoms with Gasteiger partial charge in [0.05, 0.1) is 12.1 Å². The van der Waals surface area contributed by atoms with E-state index in [1.54, 1.807) is 23.5 Å². The van der Waals surface area contributed by atoms with Gasteiger partial charge in [0.1, 0.15) is 17.9 Å². The lowest BCUT2D eigenvalue weighted by Crippen LogP contribution is -2.99. The summed E-state index contributed by atoms with van der Waals surface area (Å²) in [5, 5.41) is 4.92. The molecule has 4 atom stereocenters. The lowest BCUT2D eigenvalue weighted by Gasteiger charge is -2.26. The molecule has 28 heavy (non-hydrogen) atoms. The number of likely N-dealkylation sites (tertiary alicyclic amines) is 1. The van der Waals surface area contributed by atoms with Crippen molar-refractivity contribution >= 4 is 40.9 Å². The van der Waals surface area contributed by atoms with Crippen molar-refractivity contribution in [1.82, 2.24) is 4.90 Å². The first-order valence-corrected chi connectivity index (χ1v) is 9.80. The summed E-state index contributed by atoms with van der Waals surface area (Å²) < 4.78 is 0. The molecule has 0 saturated carbocycles. The molecule has 0 unspecified atom stereocenters. The molecular weight excluding hydrogens is 384 g/mol. The molecule has 1 aromatic carbocycles. The zero-order valence-corrected chi connectivity index (χ0v) is 16.2. The van der Waals surface area contributed by atoms with Crippen LogP contribution in [-0.2, 0) is 24.7 Å². The van der Waals surface area contributed by atoms with Crippen molar-refractivity contribution < 1.29 is 24.5 Å². The minimum absolute atomic E-state index is 0.0905. The highest BCUT2D eigenvalue weighted by Gasteiger charge is 2.74. The number of primary amides is 1. The van der Waals surface area contributed by atoms with Crippen molar-refractivity contribution in [3.05, 3.63) is 28.8 Å². The van der Waals surface area contributed by atoms with Gasteiger partial charge >= 0.3 is 0 Å². The molecule has 2 fully saturated rings. The number of carbonyl (C=O) groups is 4. The molecule has 5 N–H and O–H groups in total. The summed E-state index contributed by atoms with van der Waals surface area (Å²) in [6.07, 6.45) is 1.42. The second-order valence-corrected chi connectivity index (χ2v) is 8.14. The predicted molar refractivity (Wildman–Crippen MR) is 99.9 cm³/mol. The standard InChI is InChI=1S/C19H21ClN4O4/c1-2-3-6-24-16(26)14-12(8-13(21)25)23-19(15(14)17(24)27)10-7-9(20)4-5-11(10)22-18(19)28/h4-5,7,12,14-15,23H,2-3,6,8H2,1H3,(H2,21,25)(H,22,28)/p+1/t12-,14-,15+,19-/m1/s1. The van der Waals surface area contributed by atoms with E-state index < -0.39 is 29.3 Å². The highest BCUT2D eigenvalue weighted by atomic mass is 35.5. The van der Waals surface area contributed by atoms with Crippen LogP contribution in [0.25, 0.3) is 0 Å². The van der Waals surface area contributed by atoms with E-state index in [1.807, 2.05) is 6.92 Å². The summed E-state index contributed by atoms with van der Waals surface area (Å²) in [6, 6.07) is 4.41. The maximum Gasteiger partial charge on any atom is 0.291 e. The predicted octanol–water partition coefficient (Wildman–Crippen LogP) is -0.290. The molecule has 0 radical (unpaired) electrons.